The van der Waals surface area contributed by atoms with E-state index in [9.17, 15) is 0 Å². The minimum atomic E-state index is 0.618. The van der Waals surface area contributed by atoms with Crippen molar-refractivity contribution in [1.29, 1.82) is 0 Å². The number of fused-ring (bicyclic) bond motifs is 1. The molecular weight excluding hydrogens is 280 g/mol. The van der Waals surface area contributed by atoms with Gasteiger partial charge in [-0.2, -0.15) is 0 Å². The predicted octanol–water partition coefficient (Wildman–Crippen LogP) is 0.362. The Labute approximate surface area is 132 Å². The van der Waals surface area contributed by atoms with E-state index in [1.807, 2.05) is 0 Å². The lowest BCUT2D eigenvalue weighted by atomic mass is 10.2. The number of imidazole rings is 1. The van der Waals surface area contributed by atoms with Gasteiger partial charge >= 0.3 is 0 Å². The molecule has 2 saturated heterocycles. The van der Waals surface area contributed by atoms with Crippen LogP contribution in [0, 0.1) is 0 Å². The second kappa shape index (κ2) is 6.66. The van der Waals surface area contributed by atoms with Crippen LogP contribution in [0.1, 0.15) is 17.9 Å². The van der Waals surface area contributed by atoms with E-state index < -0.39 is 0 Å². The van der Waals surface area contributed by atoms with Gasteiger partial charge in [0.05, 0.1) is 25.5 Å². The number of morpholine rings is 1. The minimum Gasteiger partial charge on any atom is -0.380 e. The molecule has 4 rings (SSSR count). The zero-order valence-electron chi connectivity index (χ0n) is 13.2. The van der Waals surface area contributed by atoms with Gasteiger partial charge in [-0.1, -0.05) is 0 Å². The molecule has 0 radical (unpaired) electrons. The lowest BCUT2D eigenvalue weighted by Crippen LogP contribution is -2.38. The van der Waals surface area contributed by atoms with Crippen LogP contribution in [0.25, 0.3) is 0 Å². The molecule has 6 nitrogen and oxygen atoms in total. The van der Waals surface area contributed by atoms with Crippen molar-refractivity contribution in [1.82, 2.24) is 19.4 Å². The van der Waals surface area contributed by atoms with Crippen LogP contribution in [0.4, 0.5) is 0 Å². The molecule has 122 valence electrons. The third-order valence-electron chi connectivity index (χ3n) is 5.17. The maximum absolute atomic E-state index is 5.55. The molecule has 0 unspecified atom stereocenters. The summed E-state index contributed by atoms with van der Waals surface area (Å²) >= 11 is 0. The highest BCUT2D eigenvalue weighted by Gasteiger charge is 2.26. The quantitative estimate of drug-likeness (QED) is 0.807. The fourth-order valence-corrected chi connectivity index (χ4v) is 3.80. The van der Waals surface area contributed by atoms with Gasteiger partial charge in [-0.05, 0) is 6.42 Å². The molecule has 22 heavy (non-hydrogen) atoms. The number of hydrogen-bond donors (Lipinski definition) is 0. The van der Waals surface area contributed by atoms with Gasteiger partial charge < -0.3 is 14.0 Å². The molecule has 0 spiro atoms. The second-order valence-corrected chi connectivity index (χ2v) is 6.51. The Morgan fingerprint density at radius 2 is 1.95 bits per heavy atom. The third kappa shape index (κ3) is 3.06. The van der Waals surface area contributed by atoms with Crippen molar-refractivity contribution in [2.24, 2.45) is 0 Å². The largest absolute Gasteiger partial charge is 0.380 e. The van der Waals surface area contributed by atoms with Crippen LogP contribution in [0.15, 0.2) is 6.20 Å². The summed E-state index contributed by atoms with van der Waals surface area (Å²) in [5, 5.41) is 0. The van der Waals surface area contributed by atoms with E-state index in [-0.39, 0.29) is 0 Å². The van der Waals surface area contributed by atoms with Crippen LogP contribution in [0.3, 0.4) is 0 Å². The Hall–Kier alpha value is -0.950. The monoisotopic (exact) mass is 306 g/mol. The van der Waals surface area contributed by atoms with E-state index in [0.717, 1.165) is 72.1 Å². The molecule has 2 fully saturated rings. The maximum atomic E-state index is 5.55. The first-order chi connectivity index (χ1) is 10.9. The van der Waals surface area contributed by atoms with Crippen molar-refractivity contribution in [2.45, 2.75) is 32.0 Å². The fraction of sp³-hybridized carbons (Fsp3) is 0.812. The van der Waals surface area contributed by atoms with E-state index in [1.165, 1.54) is 17.9 Å². The van der Waals surface area contributed by atoms with Gasteiger partial charge in [0, 0.05) is 64.5 Å². The SMILES string of the molecule is c1nc2n(c1CN1CCOCC1)CCN([C@@H]1CCOC1)CC2. The van der Waals surface area contributed by atoms with E-state index >= 15 is 0 Å². The molecule has 0 aromatic carbocycles. The van der Waals surface area contributed by atoms with Gasteiger partial charge in [0.1, 0.15) is 5.82 Å². The van der Waals surface area contributed by atoms with Gasteiger partial charge in [0.15, 0.2) is 0 Å². The van der Waals surface area contributed by atoms with Crippen LogP contribution in [0.5, 0.6) is 0 Å². The molecule has 0 aliphatic carbocycles. The van der Waals surface area contributed by atoms with Crippen molar-refractivity contribution < 1.29 is 9.47 Å². The van der Waals surface area contributed by atoms with Crippen molar-refractivity contribution in [3.8, 4) is 0 Å². The van der Waals surface area contributed by atoms with Gasteiger partial charge in [-0.25, -0.2) is 4.98 Å². The smallest absolute Gasteiger partial charge is 0.110 e. The number of aromatic nitrogens is 2. The second-order valence-electron chi connectivity index (χ2n) is 6.51. The molecule has 6 heteroatoms. The van der Waals surface area contributed by atoms with Crippen LogP contribution in [-0.2, 0) is 29.0 Å². The summed E-state index contributed by atoms with van der Waals surface area (Å²) in [6.45, 7) is 9.91. The fourth-order valence-electron chi connectivity index (χ4n) is 3.80. The van der Waals surface area contributed by atoms with E-state index in [1.54, 1.807) is 0 Å². The molecule has 1 aromatic rings. The summed E-state index contributed by atoms with van der Waals surface area (Å²) in [6, 6.07) is 0.618. The molecule has 0 saturated carbocycles. The summed E-state index contributed by atoms with van der Waals surface area (Å²) < 4.78 is 13.4. The van der Waals surface area contributed by atoms with Crippen LogP contribution < -0.4 is 0 Å². The molecule has 4 heterocycles. The van der Waals surface area contributed by atoms with E-state index in [4.69, 9.17) is 14.5 Å². The Balaban J connectivity index is 1.42. The molecule has 0 N–H and O–H groups in total. The predicted molar refractivity (Wildman–Crippen MR) is 82.8 cm³/mol. The minimum absolute atomic E-state index is 0.618. The highest BCUT2D eigenvalue weighted by atomic mass is 16.5. The number of nitrogens with zero attached hydrogens (tertiary/aromatic N) is 4. The maximum Gasteiger partial charge on any atom is 0.110 e. The van der Waals surface area contributed by atoms with E-state index in [2.05, 4.69) is 20.6 Å². The highest BCUT2D eigenvalue weighted by molar-refractivity contribution is 5.08. The molecule has 0 bridgehead atoms. The standard InChI is InChI=1S/C16H26N4O2/c1-3-19(14-2-8-22-13-14)4-5-20-15(11-17-16(1)20)12-18-6-9-21-10-7-18/h11,14H,1-10,12-13H2/t14-/m1/s1. The first kappa shape index (κ1) is 14.6. The molecule has 3 aliphatic heterocycles. The van der Waals surface area contributed by atoms with Gasteiger partial charge in [0.25, 0.3) is 0 Å². The summed E-state index contributed by atoms with van der Waals surface area (Å²) in [7, 11) is 0. The Kier molecular flexibility index (Phi) is 4.43. The molecule has 1 atom stereocenters. The molecule has 1 aromatic heterocycles. The van der Waals surface area contributed by atoms with Crippen molar-refractivity contribution in [3.05, 3.63) is 17.7 Å². The Morgan fingerprint density at radius 3 is 2.77 bits per heavy atom. The van der Waals surface area contributed by atoms with E-state index in [0.29, 0.717) is 6.04 Å². The first-order valence-corrected chi connectivity index (χ1v) is 8.55. The Bertz CT molecular complexity index is 492. The summed E-state index contributed by atoms with van der Waals surface area (Å²) in [4.78, 5) is 9.76. The van der Waals surface area contributed by atoms with Gasteiger partial charge in [-0.15, -0.1) is 0 Å². The topological polar surface area (TPSA) is 42.8 Å². The number of ether oxygens (including phenoxy) is 2. The van der Waals surface area contributed by atoms with Gasteiger partial charge in [0.2, 0.25) is 0 Å². The highest BCUT2D eigenvalue weighted by Crippen LogP contribution is 2.18. The number of hydrogen-bond acceptors (Lipinski definition) is 5. The normalized spacial score (nSPS) is 27.7. The summed E-state index contributed by atoms with van der Waals surface area (Å²) in [6.07, 6.45) is 4.32. The summed E-state index contributed by atoms with van der Waals surface area (Å²) in [5.41, 5.74) is 1.36. The van der Waals surface area contributed by atoms with Crippen LogP contribution in [0.2, 0.25) is 0 Å². The van der Waals surface area contributed by atoms with Crippen molar-refractivity contribution >= 4 is 0 Å². The molecular formula is C16H26N4O2. The third-order valence-corrected chi connectivity index (χ3v) is 5.17. The average molecular weight is 306 g/mol. The average Bonchev–Trinajstić information content (AvgIpc) is 3.16. The Morgan fingerprint density at radius 1 is 1.05 bits per heavy atom. The lowest BCUT2D eigenvalue weighted by Gasteiger charge is -2.27. The lowest BCUT2D eigenvalue weighted by molar-refractivity contribution is 0.0331. The first-order valence-electron chi connectivity index (χ1n) is 8.55. The number of rotatable bonds is 3. The van der Waals surface area contributed by atoms with Crippen molar-refractivity contribution in [3.63, 3.8) is 0 Å². The zero-order chi connectivity index (χ0) is 14.8. The zero-order valence-corrected chi connectivity index (χ0v) is 13.2. The molecule has 0 amide bonds. The van der Waals surface area contributed by atoms with Crippen LogP contribution >= 0.6 is 0 Å². The summed E-state index contributed by atoms with van der Waals surface area (Å²) in [5.74, 6) is 1.25. The van der Waals surface area contributed by atoms with Crippen molar-refractivity contribution in [2.75, 3.05) is 52.6 Å². The van der Waals surface area contributed by atoms with Gasteiger partial charge in [-0.3, -0.25) is 9.80 Å². The van der Waals surface area contributed by atoms with Crippen LogP contribution in [-0.4, -0.2) is 78.0 Å². The molecule has 3 aliphatic rings.